The van der Waals surface area contributed by atoms with E-state index in [4.69, 9.17) is 9.47 Å². The number of hydrogen-bond donors (Lipinski definition) is 2. The van der Waals surface area contributed by atoms with Crippen molar-refractivity contribution >= 4 is 28.8 Å². The van der Waals surface area contributed by atoms with Gasteiger partial charge in [0.1, 0.15) is 5.82 Å². The van der Waals surface area contributed by atoms with E-state index >= 15 is 0 Å². The monoisotopic (exact) mass is 779 g/mol. The van der Waals surface area contributed by atoms with E-state index in [2.05, 4.69) is 5.32 Å². The molecule has 0 radical (unpaired) electrons. The van der Waals surface area contributed by atoms with E-state index in [0.717, 1.165) is 86.9 Å². The molecule has 2 amide bonds. The van der Waals surface area contributed by atoms with Gasteiger partial charge in [-0.05, 0) is 144 Å². The number of rotatable bonds is 9. The number of hydrogen-bond acceptors (Lipinski definition) is 5. The van der Waals surface area contributed by atoms with E-state index in [-0.39, 0.29) is 55.5 Å². The highest BCUT2D eigenvalue weighted by Crippen LogP contribution is 2.42. The van der Waals surface area contributed by atoms with Crippen LogP contribution in [0.3, 0.4) is 0 Å². The molecule has 4 aliphatic rings. The Morgan fingerprint density at radius 2 is 1.66 bits per heavy atom. The fraction of sp³-hybridized carbons (Fsp3) is 0.614. The van der Waals surface area contributed by atoms with E-state index in [9.17, 15) is 32.7 Å². The lowest BCUT2D eigenvalue weighted by molar-refractivity contribution is -0.143. The van der Waals surface area contributed by atoms with Gasteiger partial charge in [0.2, 0.25) is 5.91 Å². The topological polar surface area (TPSA) is 110 Å². The van der Waals surface area contributed by atoms with Gasteiger partial charge in [-0.15, -0.1) is 0 Å². The van der Waals surface area contributed by atoms with Crippen molar-refractivity contribution in [3.05, 3.63) is 70.7 Å². The molecule has 4 fully saturated rings. The predicted octanol–water partition coefficient (Wildman–Crippen LogP) is 8.31. The molecular weight excluding hydrogens is 723 g/mol. The van der Waals surface area contributed by atoms with Gasteiger partial charge in [-0.2, -0.15) is 0 Å². The number of benzene rings is 2. The summed E-state index contributed by atoms with van der Waals surface area (Å²) < 4.78 is 57.6. The SMILES string of the molecule is CCc1c(CC2CCC(OC3CCOCC3)CC2)c2ccc(F)cc2n1C(=O)N1CCC(C(=O)N[C@H]2CC[C@H](C(=O)O)C[C@@H]2C)(c2ccc(F)c(F)c2)C[C@@H]1C. The molecule has 1 unspecified atom stereocenters. The Kier molecular flexibility index (Phi) is 12.2. The smallest absolute Gasteiger partial charge is 0.329 e. The third-order valence-corrected chi connectivity index (χ3v) is 13.5. The zero-order valence-corrected chi connectivity index (χ0v) is 32.8. The van der Waals surface area contributed by atoms with Crippen LogP contribution in [0.4, 0.5) is 18.0 Å². The van der Waals surface area contributed by atoms with Crippen molar-refractivity contribution in [1.29, 1.82) is 0 Å². The molecule has 56 heavy (non-hydrogen) atoms. The van der Waals surface area contributed by atoms with Crippen molar-refractivity contribution in [2.24, 2.45) is 17.8 Å². The molecule has 2 N–H and O–H groups in total. The molecule has 3 aromatic rings. The van der Waals surface area contributed by atoms with Crippen LogP contribution in [0.1, 0.15) is 108 Å². The first-order chi connectivity index (χ1) is 26.9. The lowest BCUT2D eigenvalue weighted by Gasteiger charge is -2.46. The van der Waals surface area contributed by atoms with Gasteiger partial charge in [0.05, 0.1) is 29.1 Å². The number of fused-ring (bicyclic) bond motifs is 1. The second-order valence-electron chi connectivity index (χ2n) is 17.0. The van der Waals surface area contributed by atoms with Crippen molar-refractivity contribution in [2.75, 3.05) is 19.8 Å². The lowest BCUT2D eigenvalue weighted by Crippen LogP contribution is -2.58. The molecule has 2 aliphatic heterocycles. The molecule has 7 rings (SSSR count). The van der Waals surface area contributed by atoms with E-state index in [1.54, 1.807) is 15.5 Å². The molecule has 9 nitrogen and oxygen atoms in total. The zero-order valence-electron chi connectivity index (χ0n) is 32.8. The average Bonchev–Trinajstić information content (AvgIpc) is 3.49. The molecule has 0 bridgehead atoms. The van der Waals surface area contributed by atoms with Gasteiger partial charge in [-0.3, -0.25) is 14.2 Å². The largest absolute Gasteiger partial charge is 0.481 e. The summed E-state index contributed by atoms with van der Waals surface area (Å²) in [5.41, 5.74) is 1.50. The first-order valence-electron chi connectivity index (χ1n) is 20.7. The Bertz CT molecular complexity index is 1920. The van der Waals surface area contributed by atoms with Gasteiger partial charge in [0.25, 0.3) is 0 Å². The summed E-state index contributed by atoms with van der Waals surface area (Å²) >= 11 is 0. The Hall–Kier alpha value is -3.90. The molecule has 2 aliphatic carbocycles. The molecular formula is C44H56F3N3O6. The number of carboxylic acid groups (broad SMARTS) is 1. The minimum absolute atomic E-state index is 0.0977. The Labute approximate surface area is 327 Å². The number of aromatic nitrogens is 1. The van der Waals surface area contributed by atoms with Crippen molar-refractivity contribution < 1.29 is 42.1 Å². The van der Waals surface area contributed by atoms with Crippen molar-refractivity contribution in [1.82, 2.24) is 14.8 Å². The van der Waals surface area contributed by atoms with Crippen molar-refractivity contribution in [3.8, 4) is 0 Å². The number of aliphatic carboxylic acids is 1. The molecule has 2 aromatic carbocycles. The lowest BCUT2D eigenvalue weighted by atomic mass is 9.69. The fourth-order valence-electron chi connectivity index (χ4n) is 10.2. The normalized spacial score (nSPS) is 29.0. The summed E-state index contributed by atoms with van der Waals surface area (Å²) in [6.07, 6.45) is 9.36. The first kappa shape index (κ1) is 40.3. The van der Waals surface area contributed by atoms with Crippen molar-refractivity contribution in [2.45, 2.75) is 134 Å². The van der Waals surface area contributed by atoms with Crippen LogP contribution in [0, 0.1) is 35.2 Å². The van der Waals surface area contributed by atoms with Crippen LogP contribution in [0.5, 0.6) is 0 Å². The highest BCUT2D eigenvalue weighted by molar-refractivity contribution is 5.96. The third-order valence-electron chi connectivity index (χ3n) is 13.5. The minimum atomic E-state index is -1.27. The van der Waals surface area contributed by atoms with Crippen molar-refractivity contribution in [3.63, 3.8) is 0 Å². The highest BCUT2D eigenvalue weighted by Gasteiger charge is 2.48. The molecule has 2 saturated heterocycles. The van der Waals surface area contributed by atoms with Crippen LogP contribution in [0.25, 0.3) is 10.9 Å². The summed E-state index contributed by atoms with van der Waals surface area (Å²) in [7, 11) is 0. The second kappa shape index (κ2) is 16.9. The zero-order chi connectivity index (χ0) is 39.7. The van der Waals surface area contributed by atoms with Gasteiger partial charge in [0, 0.05) is 42.9 Å². The van der Waals surface area contributed by atoms with Gasteiger partial charge >= 0.3 is 12.0 Å². The summed E-state index contributed by atoms with van der Waals surface area (Å²) in [5.74, 6) is -3.87. The Balaban J connectivity index is 1.12. The summed E-state index contributed by atoms with van der Waals surface area (Å²) in [6, 6.07) is 7.14. The number of ether oxygens (including phenoxy) is 2. The number of piperidine rings is 1. The molecule has 3 heterocycles. The molecule has 1 aromatic heterocycles. The Morgan fingerprint density at radius 3 is 2.32 bits per heavy atom. The molecule has 304 valence electrons. The summed E-state index contributed by atoms with van der Waals surface area (Å²) in [5, 5.41) is 13.6. The van der Waals surface area contributed by atoms with E-state index in [1.807, 2.05) is 20.8 Å². The quantitative estimate of drug-likeness (QED) is 0.226. The highest BCUT2D eigenvalue weighted by atomic mass is 19.2. The molecule has 12 heteroatoms. The molecule has 5 atom stereocenters. The van der Waals surface area contributed by atoms with E-state index in [0.29, 0.717) is 42.7 Å². The number of carboxylic acids is 1. The Morgan fingerprint density at radius 1 is 0.929 bits per heavy atom. The average molecular weight is 780 g/mol. The number of carbonyl (C=O) groups is 3. The van der Waals surface area contributed by atoms with Crippen LogP contribution < -0.4 is 5.32 Å². The van der Waals surface area contributed by atoms with Crippen LogP contribution in [-0.2, 0) is 37.3 Å². The maximum Gasteiger partial charge on any atom is 0.329 e. The number of nitrogens with zero attached hydrogens (tertiary/aromatic N) is 2. The number of amides is 2. The molecule has 0 spiro atoms. The number of likely N-dealkylation sites (tertiary alicyclic amines) is 1. The van der Waals surface area contributed by atoms with Gasteiger partial charge in [0.15, 0.2) is 11.6 Å². The number of halogens is 3. The number of carbonyl (C=O) groups excluding carboxylic acids is 2. The summed E-state index contributed by atoms with van der Waals surface area (Å²) in [4.78, 5) is 42.6. The van der Waals surface area contributed by atoms with E-state index < -0.39 is 40.8 Å². The summed E-state index contributed by atoms with van der Waals surface area (Å²) in [6.45, 7) is 7.45. The second-order valence-corrected chi connectivity index (χ2v) is 17.0. The predicted molar refractivity (Wildman–Crippen MR) is 206 cm³/mol. The van der Waals surface area contributed by atoms with E-state index in [1.165, 1.54) is 18.2 Å². The first-order valence-corrected chi connectivity index (χ1v) is 20.7. The van der Waals surface area contributed by atoms with Crippen LogP contribution in [0.2, 0.25) is 0 Å². The van der Waals surface area contributed by atoms with Gasteiger partial charge in [-0.25, -0.2) is 18.0 Å². The molecule has 2 saturated carbocycles. The minimum Gasteiger partial charge on any atom is -0.481 e. The van der Waals surface area contributed by atoms with Crippen LogP contribution in [-0.4, -0.2) is 76.5 Å². The fourth-order valence-corrected chi connectivity index (χ4v) is 10.2. The standard InChI is InChI=1S/C44H56F3N3O6/c1-4-39-35(22-28-5-10-32(11-6-28)56-33-15-19-55-20-16-33)34-12-9-31(45)24-40(34)50(39)43(54)49-18-17-44(25-27(49)3,30-8-13-36(46)37(47)23-30)42(53)48-38-14-7-29(41(51)52)21-26(38)2/h8-9,12-13,23-24,26-29,32-33,38H,4-7,10-11,14-22,25H2,1-3H3,(H,48,53)(H,51,52)/t26-,27-,28?,29-,32?,38-,44?/m0/s1. The number of nitrogens with one attached hydrogen (secondary N) is 1. The van der Waals surface area contributed by atoms with Gasteiger partial charge < -0.3 is 24.8 Å². The van der Waals surface area contributed by atoms with Gasteiger partial charge in [-0.1, -0.05) is 19.9 Å². The maximum absolute atomic E-state index is 15.0. The van der Waals surface area contributed by atoms with Crippen LogP contribution in [0.15, 0.2) is 36.4 Å². The van der Waals surface area contributed by atoms with Crippen LogP contribution >= 0.6 is 0 Å². The maximum atomic E-state index is 15.0. The third kappa shape index (κ3) is 8.10.